The van der Waals surface area contributed by atoms with Crippen LogP contribution in [0.25, 0.3) is 0 Å². The van der Waals surface area contributed by atoms with E-state index in [9.17, 15) is 4.79 Å². The smallest absolute Gasteiger partial charge is 0.303 e. The minimum atomic E-state index is -0.768. The number of rotatable bonds is 10. The van der Waals surface area contributed by atoms with Crippen LogP contribution in [-0.2, 0) is 17.6 Å². The van der Waals surface area contributed by atoms with Crippen molar-refractivity contribution in [2.75, 3.05) is 11.9 Å². The van der Waals surface area contributed by atoms with Crippen molar-refractivity contribution >= 4 is 11.8 Å². The van der Waals surface area contributed by atoms with Gasteiger partial charge in [0.15, 0.2) is 0 Å². The Kier molecular flexibility index (Phi) is 7.13. The molecule has 6 nitrogen and oxygen atoms in total. The zero-order chi connectivity index (χ0) is 18.9. The third-order valence-electron chi connectivity index (χ3n) is 5.16. The minimum Gasteiger partial charge on any atom is -0.481 e. The van der Waals surface area contributed by atoms with Crippen LogP contribution >= 0.6 is 0 Å². The van der Waals surface area contributed by atoms with Gasteiger partial charge in [-0.3, -0.25) is 4.79 Å². The monoisotopic (exact) mass is 368 g/mol. The van der Waals surface area contributed by atoms with Gasteiger partial charge in [-0.2, -0.15) is 0 Å². The highest BCUT2D eigenvalue weighted by atomic mass is 16.4. The van der Waals surface area contributed by atoms with Gasteiger partial charge in [-0.15, -0.1) is 0 Å². The van der Waals surface area contributed by atoms with Gasteiger partial charge in [0, 0.05) is 24.6 Å². The Bertz CT molecular complexity index is 736. The van der Waals surface area contributed by atoms with Gasteiger partial charge in [0.2, 0.25) is 0 Å². The highest BCUT2D eigenvalue weighted by molar-refractivity contribution is 5.68. The molecule has 2 aromatic rings. The number of hydrogen-bond acceptors (Lipinski definition) is 5. The van der Waals surface area contributed by atoms with Gasteiger partial charge in [-0.1, -0.05) is 25.3 Å². The summed E-state index contributed by atoms with van der Waals surface area (Å²) < 4.78 is 0. The molecule has 0 fully saturated rings. The van der Waals surface area contributed by atoms with Crippen LogP contribution in [0.5, 0.6) is 0 Å². The quantitative estimate of drug-likeness (QED) is 0.617. The molecule has 0 saturated carbocycles. The Morgan fingerprint density at radius 2 is 1.96 bits per heavy atom. The molecule has 1 aliphatic rings. The summed E-state index contributed by atoms with van der Waals surface area (Å²) in [4.78, 5) is 23.9. The summed E-state index contributed by atoms with van der Waals surface area (Å²) in [6.07, 6.45) is 13.6. The summed E-state index contributed by atoms with van der Waals surface area (Å²) in [6.45, 7) is 1.02. The molecule has 0 saturated heterocycles. The number of carbonyl (C=O) groups is 1. The number of carboxylic acids is 1. The summed E-state index contributed by atoms with van der Waals surface area (Å²) >= 11 is 0. The maximum absolute atomic E-state index is 11.1. The van der Waals surface area contributed by atoms with Crippen molar-refractivity contribution in [2.24, 2.45) is 0 Å². The Labute approximate surface area is 160 Å². The summed E-state index contributed by atoms with van der Waals surface area (Å²) in [5.74, 6) is 0.299. The molecule has 0 bridgehead atoms. The number of hydrogen-bond donors (Lipinski definition) is 2. The first-order valence-electron chi connectivity index (χ1n) is 9.92. The molecule has 1 atom stereocenters. The molecule has 0 amide bonds. The molecular formula is C21H28N4O2. The number of anilines is 1. The highest BCUT2D eigenvalue weighted by Gasteiger charge is 2.16. The summed E-state index contributed by atoms with van der Waals surface area (Å²) in [5, 5.41) is 12.5. The van der Waals surface area contributed by atoms with E-state index in [2.05, 4.69) is 27.4 Å². The Morgan fingerprint density at radius 3 is 2.78 bits per heavy atom. The van der Waals surface area contributed by atoms with E-state index < -0.39 is 5.97 Å². The minimum absolute atomic E-state index is 0.00270. The lowest BCUT2D eigenvalue weighted by Crippen LogP contribution is -2.13. The summed E-state index contributed by atoms with van der Waals surface area (Å²) in [6, 6.07) is 4.37. The fraction of sp³-hybridized carbons (Fsp3) is 0.524. The van der Waals surface area contributed by atoms with E-state index in [-0.39, 0.29) is 12.3 Å². The second kappa shape index (κ2) is 10.00. The SMILES string of the molecule is O=C(O)CC(CCCCCCc1ccc2c(n1)NCCC2)c1cncnc1. The first-order chi connectivity index (χ1) is 13.2. The molecule has 2 N–H and O–H groups in total. The molecule has 3 heterocycles. The lowest BCUT2D eigenvalue weighted by molar-refractivity contribution is -0.137. The second-order valence-corrected chi connectivity index (χ2v) is 7.26. The zero-order valence-corrected chi connectivity index (χ0v) is 15.7. The maximum atomic E-state index is 11.1. The molecular weight excluding hydrogens is 340 g/mol. The topological polar surface area (TPSA) is 88.0 Å². The third kappa shape index (κ3) is 6.01. The van der Waals surface area contributed by atoms with Crippen molar-refractivity contribution in [3.8, 4) is 0 Å². The van der Waals surface area contributed by atoms with Crippen LogP contribution in [0.1, 0.15) is 67.7 Å². The van der Waals surface area contributed by atoms with Gasteiger partial charge in [0.1, 0.15) is 12.1 Å². The van der Waals surface area contributed by atoms with Crippen molar-refractivity contribution in [2.45, 2.75) is 63.7 Å². The Morgan fingerprint density at radius 1 is 1.15 bits per heavy atom. The van der Waals surface area contributed by atoms with E-state index in [1.807, 2.05) is 0 Å². The van der Waals surface area contributed by atoms with Gasteiger partial charge >= 0.3 is 5.97 Å². The first-order valence-corrected chi connectivity index (χ1v) is 9.92. The number of unbranched alkanes of at least 4 members (excludes halogenated alkanes) is 3. The van der Waals surface area contributed by atoms with Crippen LogP contribution in [0, 0.1) is 0 Å². The lowest BCUT2D eigenvalue weighted by Gasteiger charge is -2.17. The number of aromatic nitrogens is 3. The molecule has 1 unspecified atom stereocenters. The number of pyridine rings is 1. The molecule has 144 valence electrons. The molecule has 0 aliphatic carbocycles. The molecule has 1 aliphatic heterocycles. The van der Waals surface area contributed by atoms with E-state index in [4.69, 9.17) is 10.1 Å². The Hall–Kier alpha value is -2.50. The van der Waals surface area contributed by atoms with Crippen LogP contribution in [-0.4, -0.2) is 32.6 Å². The average molecular weight is 368 g/mol. The molecule has 0 aromatic carbocycles. The molecule has 0 spiro atoms. The predicted molar refractivity (Wildman–Crippen MR) is 105 cm³/mol. The zero-order valence-electron chi connectivity index (χ0n) is 15.7. The largest absolute Gasteiger partial charge is 0.481 e. The van der Waals surface area contributed by atoms with Crippen molar-refractivity contribution in [1.29, 1.82) is 0 Å². The number of aryl methyl sites for hydroxylation is 2. The highest BCUT2D eigenvalue weighted by Crippen LogP contribution is 2.25. The maximum Gasteiger partial charge on any atom is 0.303 e. The third-order valence-corrected chi connectivity index (χ3v) is 5.16. The second-order valence-electron chi connectivity index (χ2n) is 7.26. The number of carboxylic acid groups (broad SMARTS) is 1. The Balaban J connectivity index is 1.38. The molecule has 6 heteroatoms. The molecule has 27 heavy (non-hydrogen) atoms. The fourth-order valence-electron chi connectivity index (χ4n) is 3.68. The standard InChI is InChI=1S/C21H28N4O2/c26-20(27)12-17(18-13-22-15-23-14-18)6-3-1-2-4-8-19-10-9-16-7-5-11-24-21(16)25-19/h9-10,13-15,17H,1-8,11-12H2,(H,24,25)(H,26,27). The number of fused-ring (bicyclic) bond motifs is 1. The van der Waals surface area contributed by atoms with Crippen LogP contribution in [0.3, 0.4) is 0 Å². The average Bonchev–Trinajstić information content (AvgIpc) is 2.70. The van der Waals surface area contributed by atoms with E-state index in [0.29, 0.717) is 0 Å². The van der Waals surface area contributed by atoms with Crippen LogP contribution < -0.4 is 5.32 Å². The van der Waals surface area contributed by atoms with Gasteiger partial charge in [0.25, 0.3) is 0 Å². The molecule has 0 radical (unpaired) electrons. The van der Waals surface area contributed by atoms with E-state index in [1.54, 1.807) is 12.4 Å². The predicted octanol–water partition coefficient (Wildman–Crippen LogP) is 3.98. The molecule has 3 rings (SSSR count). The normalized spacial score (nSPS) is 14.2. The van der Waals surface area contributed by atoms with Crippen molar-refractivity contribution in [3.63, 3.8) is 0 Å². The lowest BCUT2D eigenvalue weighted by atomic mass is 9.92. The van der Waals surface area contributed by atoms with Gasteiger partial charge < -0.3 is 10.4 Å². The van der Waals surface area contributed by atoms with Crippen LogP contribution in [0.4, 0.5) is 5.82 Å². The number of aliphatic carboxylic acids is 1. The van der Waals surface area contributed by atoms with Gasteiger partial charge in [-0.05, 0) is 55.2 Å². The summed E-state index contributed by atoms with van der Waals surface area (Å²) in [7, 11) is 0. The summed E-state index contributed by atoms with van der Waals surface area (Å²) in [5.41, 5.74) is 3.42. The fourth-order valence-corrected chi connectivity index (χ4v) is 3.68. The van der Waals surface area contributed by atoms with Crippen molar-refractivity contribution in [3.05, 3.63) is 47.7 Å². The molecule has 2 aromatic heterocycles. The van der Waals surface area contributed by atoms with Gasteiger partial charge in [-0.25, -0.2) is 15.0 Å². The van der Waals surface area contributed by atoms with Crippen LogP contribution in [0.15, 0.2) is 30.9 Å². The van der Waals surface area contributed by atoms with Gasteiger partial charge in [0.05, 0.1) is 6.42 Å². The number of nitrogens with one attached hydrogen (secondary N) is 1. The van der Waals surface area contributed by atoms with Crippen molar-refractivity contribution in [1.82, 2.24) is 15.0 Å². The van der Waals surface area contributed by atoms with E-state index in [0.717, 1.165) is 68.6 Å². The number of nitrogens with zero attached hydrogens (tertiary/aromatic N) is 3. The van der Waals surface area contributed by atoms with Crippen LogP contribution in [0.2, 0.25) is 0 Å². The van der Waals surface area contributed by atoms with E-state index >= 15 is 0 Å². The first kappa shape index (κ1) is 19.3. The van der Waals surface area contributed by atoms with Crippen molar-refractivity contribution < 1.29 is 9.90 Å². The van der Waals surface area contributed by atoms with E-state index in [1.165, 1.54) is 18.3 Å².